The van der Waals surface area contributed by atoms with E-state index in [0.717, 1.165) is 11.1 Å². The summed E-state index contributed by atoms with van der Waals surface area (Å²) in [6.45, 7) is 8.00. The summed E-state index contributed by atoms with van der Waals surface area (Å²) < 4.78 is 0. The third kappa shape index (κ3) is 8.70. The van der Waals surface area contributed by atoms with Crippen molar-refractivity contribution in [3.05, 3.63) is 83.9 Å². The van der Waals surface area contributed by atoms with Gasteiger partial charge in [-0.05, 0) is 23.3 Å². The molecule has 0 bridgehead atoms. The number of hydrogen-bond donors (Lipinski definition) is 0. The summed E-state index contributed by atoms with van der Waals surface area (Å²) in [5, 5.41) is 0. The van der Waals surface area contributed by atoms with Crippen molar-refractivity contribution in [2.24, 2.45) is 0 Å². The first-order chi connectivity index (χ1) is 10.8. The number of carbonyl (C=O) groups excluding carboxylic acids is 1. The molecular formula is C21H26O. The molecule has 22 heavy (non-hydrogen) atoms. The van der Waals surface area contributed by atoms with Crippen LogP contribution in [0.3, 0.4) is 0 Å². The fourth-order valence-electron chi connectivity index (χ4n) is 1.54. The molecule has 0 saturated carbocycles. The van der Waals surface area contributed by atoms with Gasteiger partial charge in [-0.3, -0.25) is 4.79 Å². The summed E-state index contributed by atoms with van der Waals surface area (Å²) in [6.07, 6.45) is 6.79. The number of ketones is 1. The summed E-state index contributed by atoms with van der Waals surface area (Å²) in [5.74, 6) is -0.0114. The lowest BCUT2D eigenvalue weighted by Gasteiger charge is -1.91. The molecule has 0 aliphatic heterocycles. The maximum absolute atomic E-state index is 11.6. The molecule has 0 amide bonds. The molecular weight excluding hydrogens is 268 g/mol. The highest BCUT2D eigenvalue weighted by Gasteiger charge is 1.90. The quantitative estimate of drug-likeness (QED) is 0.629. The zero-order valence-corrected chi connectivity index (χ0v) is 14.0. The van der Waals surface area contributed by atoms with Crippen molar-refractivity contribution in [1.29, 1.82) is 0 Å². The summed E-state index contributed by atoms with van der Waals surface area (Å²) >= 11 is 0. The van der Waals surface area contributed by atoms with Crippen molar-refractivity contribution >= 4 is 17.9 Å². The zero-order valence-electron chi connectivity index (χ0n) is 14.0. The second kappa shape index (κ2) is 13.6. The topological polar surface area (TPSA) is 17.1 Å². The fraction of sp³-hybridized carbons (Fsp3) is 0.190. The summed E-state index contributed by atoms with van der Waals surface area (Å²) in [5.41, 5.74) is 2.05. The first-order valence-corrected chi connectivity index (χ1v) is 7.85. The molecule has 2 aromatic carbocycles. The molecule has 0 N–H and O–H groups in total. The van der Waals surface area contributed by atoms with Crippen molar-refractivity contribution in [2.75, 3.05) is 0 Å². The largest absolute Gasteiger partial charge is 0.290 e. The Bertz CT molecular complexity index is 499. The van der Waals surface area contributed by atoms with E-state index in [2.05, 4.69) is 0 Å². The highest BCUT2D eigenvalue weighted by Crippen LogP contribution is 2.03. The van der Waals surface area contributed by atoms with Crippen LogP contribution in [-0.4, -0.2) is 5.78 Å². The summed E-state index contributed by atoms with van der Waals surface area (Å²) in [7, 11) is 0. The first kappa shape index (κ1) is 19.6. The van der Waals surface area contributed by atoms with Gasteiger partial charge >= 0.3 is 0 Å². The molecule has 2 rings (SSSR count). The van der Waals surface area contributed by atoms with Crippen LogP contribution in [0.5, 0.6) is 0 Å². The molecule has 0 aliphatic carbocycles. The molecule has 116 valence electrons. The fourth-order valence-corrected chi connectivity index (χ4v) is 1.54. The minimum absolute atomic E-state index is 0.0114. The van der Waals surface area contributed by atoms with Crippen LogP contribution < -0.4 is 0 Å². The Morgan fingerprint density at radius 2 is 0.955 bits per heavy atom. The molecule has 0 heterocycles. The lowest BCUT2D eigenvalue weighted by atomic mass is 10.1. The van der Waals surface area contributed by atoms with Gasteiger partial charge in [0.15, 0.2) is 5.78 Å². The second-order valence-corrected chi connectivity index (χ2v) is 3.89. The minimum Gasteiger partial charge on any atom is -0.290 e. The van der Waals surface area contributed by atoms with Crippen LogP contribution in [0.25, 0.3) is 12.2 Å². The third-order valence-corrected chi connectivity index (χ3v) is 2.48. The SMILES string of the molecule is CC.CC.O=C(/C=C/c1ccccc1)/C=C/c1ccccc1. The Labute approximate surface area is 135 Å². The van der Waals surface area contributed by atoms with E-state index in [1.807, 2.05) is 101 Å². The number of benzene rings is 2. The molecule has 0 unspecified atom stereocenters. The monoisotopic (exact) mass is 294 g/mol. The number of rotatable bonds is 4. The zero-order chi connectivity index (χ0) is 16.6. The molecule has 1 heteroatoms. The van der Waals surface area contributed by atoms with Crippen LogP contribution in [0.15, 0.2) is 72.8 Å². The van der Waals surface area contributed by atoms with Gasteiger partial charge < -0.3 is 0 Å². The Morgan fingerprint density at radius 3 is 1.27 bits per heavy atom. The van der Waals surface area contributed by atoms with E-state index in [9.17, 15) is 4.79 Å². The lowest BCUT2D eigenvalue weighted by Crippen LogP contribution is -1.84. The first-order valence-electron chi connectivity index (χ1n) is 7.85. The Kier molecular flexibility index (Phi) is 12.1. The maximum atomic E-state index is 11.6. The van der Waals surface area contributed by atoms with Crippen LogP contribution in [0, 0.1) is 0 Å². The second-order valence-electron chi connectivity index (χ2n) is 3.89. The van der Waals surface area contributed by atoms with Gasteiger partial charge in [0.05, 0.1) is 0 Å². The van der Waals surface area contributed by atoms with Crippen molar-refractivity contribution in [3.63, 3.8) is 0 Å². The van der Waals surface area contributed by atoms with Gasteiger partial charge in [-0.25, -0.2) is 0 Å². The van der Waals surface area contributed by atoms with Crippen LogP contribution >= 0.6 is 0 Å². The maximum Gasteiger partial charge on any atom is 0.178 e. The van der Waals surface area contributed by atoms with Crippen LogP contribution in [-0.2, 0) is 4.79 Å². The van der Waals surface area contributed by atoms with E-state index < -0.39 is 0 Å². The Morgan fingerprint density at radius 1 is 0.636 bits per heavy atom. The van der Waals surface area contributed by atoms with Crippen LogP contribution in [0.2, 0.25) is 0 Å². The Balaban J connectivity index is 0.00000102. The third-order valence-electron chi connectivity index (χ3n) is 2.48. The molecule has 0 saturated heterocycles. The normalized spacial score (nSPS) is 9.64. The van der Waals surface area contributed by atoms with E-state index in [1.54, 1.807) is 12.2 Å². The molecule has 1 nitrogen and oxygen atoms in total. The number of hydrogen-bond acceptors (Lipinski definition) is 1. The molecule has 2 aromatic rings. The van der Waals surface area contributed by atoms with Crippen molar-refractivity contribution < 1.29 is 4.79 Å². The minimum atomic E-state index is -0.0114. The van der Waals surface area contributed by atoms with Gasteiger partial charge in [0.2, 0.25) is 0 Å². The van der Waals surface area contributed by atoms with Gasteiger partial charge in [0, 0.05) is 0 Å². The Hall–Kier alpha value is -2.41. The highest BCUT2D eigenvalue weighted by molar-refractivity contribution is 6.04. The van der Waals surface area contributed by atoms with Gasteiger partial charge in [-0.15, -0.1) is 0 Å². The molecule has 0 spiro atoms. The predicted molar refractivity (Wildman–Crippen MR) is 98.7 cm³/mol. The smallest absolute Gasteiger partial charge is 0.178 e. The van der Waals surface area contributed by atoms with Crippen LogP contribution in [0.1, 0.15) is 38.8 Å². The van der Waals surface area contributed by atoms with Gasteiger partial charge in [0.1, 0.15) is 0 Å². The summed E-state index contributed by atoms with van der Waals surface area (Å²) in [4.78, 5) is 11.6. The number of carbonyl (C=O) groups is 1. The van der Waals surface area contributed by atoms with Crippen molar-refractivity contribution in [2.45, 2.75) is 27.7 Å². The standard InChI is InChI=1S/C17H14O.2C2H6/c18-17(13-11-15-7-3-1-4-8-15)14-12-16-9-5-2-6-10-16;2*1-2/h1-14H;2*1-2H3/b13-11+,14-12+;;. The molecule has 0 aliphatic rings. The number of allylic oxidation sites excluding steroid dienone is 2. The van der Waals surface area contributed by atoms with Crippen molar-refractivity contribution in [3.8, 4) is 0 Å². The van der Waals surface area contributed by atoms with Gasteiger partial charge in [-0.1, -0.05) is 101 Å². The van der Waals surface area contributed by atoms with Gasteiger partial charge in [-0.2, -0.15) is 0 Å². The highest BCUT2D eigenvalue weighted by atomic mass is 16.1. The van der Waals surface area contributed by atoms with Crippen molar-refractivity contribution in [1.82, 2.24) is 0 Å². The van der Waals surface area contributed by atoms with Crippen LogP contribution in [0.4, 0.5) is 0 Å². The van der Waals surface area contributed by atoms with E-state index >= 15 is 0 Å². The predicted octanol–water partition coefficient (Wildman–Crippen LogP) is 6.03. The molecule has 0 radical (unpaired) electrons. The molecule has 0 aromatic heterocycles. The average Bonchev–Trinajstić information content (AvgIpc) is 2.63. The van der Waals surface area contributed by atoms with E-state index in [1.165, 1.54) is 0 Å². The lowest BCUT2D eigenvalue weighted by molar-refractivity contribution is -0.110. The van der Waals surface area contributed by atoms with E-state index in [4.69, 9.17) is 0 Å². The van der Waals surface area contributed by atoms with E-state index in [-0.39, 0.29) is 5.78 Å². The van der Waals surface area contributed by atoms with Gasteiger partial charge in [0.25, 0.3) is 0 Å². The molecule has 0 fully saturated rings. The summed E-state index contributed by atoms with van der Waals surface area (Å²) in [6, 6.07) is 19.6. The average molecular weight is 294 g/mol. The molecule has 0 atom stereocenters. The van der Waals surface area contributed by atoms with E-state index in [0.29, 0.717) is 0 Å².